The van der Waals surface area contributed by atoms with Gasteiger partial charge in [0.2, 0.25) is 0 Å². The average Bonchev–Trinajstić information content (AvgIpc) is 1.99. The van der Waals surface area contributed by atoms with E-state index in [-0.39, 0.29) is 17.6 Å². The van der Waals surface area contributed by atoms with Crippen molar-refractivity contribution in [2.24, 2.45) is 5.41 Å². The van der Waals surface area contributed by atoms with Crippen molar-refractivity contribution in [2.75, 3.05) is 7.05 Å². The summed E-state index contributed by atoms with van der Waals surface area (Å²) >= 11 is 0. The molecular weight excluding hydrogens is 166 g/mol. The molecule has 13 heavy (non-hydrogen) atoms. The van der Waals surface area contributed by atoms with E-state index < -0.39 is 5.41 Å². The van der Waals surface area contributed by atoms with Crippen LogP contribution in [0.5, 0.6) is 0 Å². The van der Waals surface area contributed by atoms with Crippen LogP contribution >= 0.6 is 0 Å². The summed E-state index contributed by atoms with van der Waals surface area (Å²) in [6.07, 6.45) is 0.564. The van der Waals surface area contributed by atoms with Gasteiger partial charge in [-0.2, -0.15) is 0 Å². The van der Waals surface area contributed by atoms with E-state index in [9.17, 15) is 9.59 Å². The van der Waals surface area contributed by atoms with Crippen molar-refractivity contribution in [3.05, 3.63) is 0 Å². The summed E-state index contributed by atoms with van der Waals surface area (Å²) in [5, 5.41) is 2.91. The highest BCUT2D eigenvalue weighted by Crippen LogP contribution is 2.23. The minimum absolute atomic E-state index is 0.0804. The number of rotatable bonds is 5. The Bertz CT molecular complexity index is 209. The first-order valence-corrected chi connectivity index (χ1v) is 4.50. The summed E-state index contributed by atoms with van der Waals surface area (Å²) in [7, 11) is 1.74. The molecule has 0 rings (SSSR count). The van der Waals surface area contributed by atoms with Crippen LogP contribution < -0.4 is 5.32 Å². The van der Waals surface area contributed by atoms with Gasteiger partial charge in [0.1, 0.15) is 11.6 Å². The zero-order chi connectivity index (χ0) is 10.6. The number of hydrogen-bond acceptors (Lipinski definition) is 3. The Morgan fingerprint density at radius 2 is 1.77 bits per heavy atom. The van der Waals surface area contributed by atoms with Crippen LogP contribution in [-0.2, 0) is 9.59 Å². The predicted octanol–water partition coefficient (Wildman–Crippen LogP) is 1.17. The molecule has 0 aliphatic heterocycles. The lowest BCUT2D eigenvalue weighted by Gasteiger charge is -2.25. The Kier molecular flexibility index (Phi) is 4.27. The lowest BCUT2D eigenvalue weighted by atomic mass is 9.81. The highest BCUT2D eigenvalue weighted by atomic mass is 16.1. The van der Waals surface area contributed by atoms with Crippen LogP contribution in [0.3, 0.4) is 0 Å². The van der Waals surface area contributed by atoms with Gasteiger partial charge in [0.25, 0.3) is 0 Å². The monoisotopic (exact) mass is 185 g/mol. The normalized spacial score (nSPS) is 13.9. The van der Waals surface area contributed by atoms with Gasteiger partial charge < -0.3 is 5.32 Å². The first kappa shape index (κ1) is 12.3. The fraction of sp³-hybridized carbons (Fsp3) is 0.800. The molecule has 0 heterocycles. The molecule has 0 aromatic rings. The predicted molar refractivity (Wildman–Crippen MR) is 52.6 cm³/mol. The van der Waals surface area contributed by atoms with E-state index >= 15 is 0 Å². The Balaban J connectivity index is 4.39. The standard InChI is InChI=1S/C10H19NO2/c1-7(12)9(11-5)6-10(3,4)8(2)13/h9,11H,6H2,1-5H3. The van der Waals surface area contributed by atoms with Gasteiger partial charge in [-0.25, -0.2) is 0 Å². The van der Waals surface area contributed by atoms with Gasteiger partial charge in [0.15, 0.2) is 0 Å². The van der Waals surface area contributed by atoms with E-state index in [1.807, 2.05) is 13.8 Å². The highest BCUT2D eigenvalue weighted by Gasteiger charge is 2.28. The van der Waals surface area contributed by atoms with Gasteiger partial charge in [-0.1, -0.05) is 13.8 Å². The molecular formula is C10H19NO2. The number of ketones is 2. The van der Waals surface area contributed by atoms with Crippen LogP contribution in [0.4, 0.5) is 0 Å². The van der Waals surface area contributed by atoms with E-state index in [0.717, 1.165) is 0 Å². The molecule has 0 fully saturated rings. The topological polar surface area (TPSA) is 46.2 Å². The van der Waals surface area contributed by atoms with Crippen LogP contribution in [0.2, 0.25) is 0 Å². The molecule has 0 saturated heterocycles. The van der Waals surface area contributed by atoms with Gasteiger partial charge in [0.05, 0.1) is 6.04 Å². The minimum atomic E-state index is -0.417. The van der Waals surface area contributed by atoms with Gasteiger partial charge in [0, 0.05) is 5.41 Å². The van der Waals surface area contributed by atoms with Crippen molar-refractivity contribution in [3.63, 3.8) is 0 Å². The summed E-state index contributed by atoms with van der Waals surface area (Å²) < 4.78 is 0. The van der Waals surface area contributed by atoms with Gasteiger partial charge in [-0.3, -0.25) is 9.59 Å². The third-order valence-electron chi connectivity index (χ3n) is 2.51. The summed E-state index contributed by atoms with van der Waals surface area (Å²) in [6, 6.07) is -0.209. The van der Waals surface area contributed by atoms with Gasteiger partial charge >= 0.3 is 0 Å². The molecule has 1 N–H and O–H groups in total. The zero-order valence-electron chi connectivity index (χ0n) is 9.10. The van der Waals surface area contributed by atoms with Crippen molar-refractivity contribution in [2.45, 2.75) is 40.2 Å². The summed E-state index contributed by atoms with van der Waals surface area (Å²) in [6.45, 7) is 6.83. The molecule has 0 aromatic heterocycles. The van der Waals surface area contributed by atoms with Crippen molar-refractivity contribution in [3.8, 4) is 0 Å². The molecule has 76 valence electrons. The summed E-state index contributed by atoms with van der Waals surface area (Å²) in [5.74, 6) is 0.200. The molecule has 3 nitrogen and oxygen atoms in total. The van der Waals surface area contributed by atoms with Gasteiger partial charge in [-0.15, -0.1) is 0 Å². The fourth-order valence-electron chi connectivity index (χ4n) is 1.10. The van der Waals surface area contributed by atoms with Crippen LogP contribution in [0, 0.1) is 5.41 Å². The van der Waals surface area contributed by atoms with E-state index in [1.165, 1.54) is 6.92 Å². The van der Waals surface area contributed by atoms with Crippen molar-refractivity contribution in [1.82, 2.24) is 5.32 Å². The van der Waals surface area contributed by atoms with Gasteiger partial charge in [-0.05, 0) is 27.3 Å². The fourth-order valence-corrected chi connectivity index (χ4v) is 1.10. The Labute approximate surface area is 79.9 Å². The van der Waals surface area contributed by atoms with E-state index in [2.05, 4.69) is 5.32 Å². The highest BCUT2D eigenvalue weighted by molar-refractivity contribution is 5.85. The molecule has 0 spiro atoms. The summed E-state index contributed by atoms with van der Waals surface area (Å²) in [4.78, 5) is 22.3. The molecule has 1 atom stereocenters. The van der Waals surface area contributed by atoms with Crippen molar-refractivity contribution >= 4 is 11.6 Å². The number of likely N-dealkylation sites (N-methyl/N-ethyl adjacent to an activating group) is 1. The lowest BCUT2D eigenvalue weighted by Crippen LogP contribution is -2.39. The first-order valence-electron chi connectivity index (χ1n) is 4.50. The van der Waals surface area contributed by atoms with Crippen LogP contribution in [0.1, 0.15) is 34.1 Å². The number of carbonyl (C=O) groups is 2. The minimum Gasteiger partial charge on any atom is -0.311 e. The molecule has 0 aliphatic carbocycles. The third-order valence-corrected chi connectivity index (χ3v) is 2.51. The van der Waals surface area contributed by atoms with E-state index in [0.29, 0.717) is 6.42 Å². The molecule has 0 aliphatic rings. The largest absolute Gasteiger partial charge is 0.311 e. The second-order valence-electron chi connectivity index (χ2n) is 4.10. The Hall–Kier alpha value is -0.700. The van der Waals surface area contributed by atoms with Crippen LogP contribution in [-0.4, -0.2) is 24.7 Å². The maximum Gasteiger partial charge on any atom is 0.146 e. The van der Waals surface area contributed by atoms with Crippen LogP contribution in [0.15, 0.2) is 0 Å². The number of hydrogen-bond donors (Lipinski definition) is 1. The molecule has 0 radical (unpaired) electrons. The molecule has 3 heteroatoms. The summed E-state index contributed by atoms with van der Waals surface area (Å²) in [5.41, 5.74) is -0.417. The second kappa shape index (κ2) is 4.51. The number of nitrogens with one attached hydrogen (secondary N) is 1. The quantitative estimate of drug-likeness (QED) is 0.699. The Morgan fingerprint density at radius 3 is 2.00 bits per heavy atom. The molecule has 1 unspecified atom stereocenters. The first-order chi connectivity index (χ1) is 5.81. The number of Topliss-reactive ketones (excluding diaryl/α,β-unsaturated/α-hetero) is 2. The Morgan fingerprint density at radius 1 is 1.31 bits per heavy atom. The van der Waals surface area contributed by atoms with Crippen molar-refractivity contribution < 1.29 is 9.59 Å². The third kappa shape index (κ3) is 3.68. The molecule has 0 bridgehead atoms. The van der Waals surface area contributed by atoms with E-state index in [4.69, 9.17) is 0 Å². The van der Waals surface area contributed by atoms with Crippen molar-refractivity contribution in [1.29, 1.82) is 0 Å². The maximum absolute atomic E-state index is 11.2. The second-order valence-corrected chi connectivity index (χ2v) is 4.10. The molecule has 0 aromatic carbocycles. The lowest BCUT2D eigenvalue weighted by molar-refractivity contribution is -0.126. The smallest absolute Gasteiger partial charge is 0.146 e. The number of carbonyl (C=O) groups excluding carboxylic acids is 2. The average molecular weight is 185 g/mol. The molecule has 0 amide bonds. The maximum atomic E-state index is 11.2. The SMILES string of the molecule is CNC(CC(C)(C)C(C)=O)C(C)=O. The van der Waals surface area contributed by atoms with Crippen LogP contribution in [0.25, 0.3) is 0 Å². The zero-order valence-corrected chi connectivity index (χ0v) is 9.10. The van der Waals surface area contributed by atoms with E-state index in [1.54, 1.807) is 14.0 Å². The molecule has 0 saturated carbocycles.